The first kappa shape index (κ1) is 19.9. The molecule has 0 fully saturated rings. The van der Waals surface area contributed by atoms with Gasteiger partial charge in [0.25, 0.3) is 5.91 Å². The third-order valence-corrected chi connectivity index (χ3v) is 4.32. The molecule has 1 heterocycles. The minimum Gasteiger partial charge on any atom is -0.493 e. The van der Waals surface area contributed by atoms with Crippen molar-refractivity contribution in [1.82, 2.24) is 10.3 Å². The first-order valence-corrected chi connectivity index (χ1v) is 8.68. The van der Waals surface area contributed by atoms with Crippen molar-refractivity contribution in [2.75, 3.05) is 27.9 Å². The Morgan fingerprint density at radius 2 is 1.66 bits per heavy atom. The maximum absolute atomic E-state index is 12.6. The van der Waals surface area contributed by atoms with E-state index in [1.807, 2.05) is 6.07 Å². The van der Waals surface area contributed by atoms with Gasteiger partial charge in [0.1, 0.15) is 6.54 Å². The molecule has 3 aromatic rings. The van der Waals surface area contributed by atoms with Crippen LogP contribution in [0.1, 0.15) is 10.4 Å². The second-order valence-corrected chi connectivity index (χ2v) is 6.06. The molecule has 0 saturated heterocycles. The third kappa shape index (κ3) is 4.06. The van der Waals surface area contributed by atoms with E-state index in [0.717, 1.165) is 0 Å². The predicted octanol–water partition coefficient (Wildman–Crippen LogP) is 2.74. The van der Waals surface area contributed by atoms with Crippen LogP contribution in [0.3, 0.4) is 0 Å². The molecule has 8 nitrogen and oxygen atoms in total. The van der Waals surface area contributed by atoms with Gasteiger partial charge in [-0.15, -0.1) is 0 Å². The van der Waals surface area contributed by atoms with Crippen molar-refractivity contribution in [2.45, 2.75) is 0 Å². The summed E-state index contributed by atoms with van der Waals surface area (Å²) in [6.07, 6.45) is 0. The number of para-hydroxylation sites is 1. The summed E-state index contributed by atoms with van der Waals surface area (Å²) in [6, 6.07) is 12.2. The third-order valence-electron chi connectivity index (χ3n) is 4.32. The summed E-state index contributed by atoms with van der Waals surface area (Å²) in [5, 5.41) is 11.9. The Kier molecular flexibility index (Phi) is 5.82. The quantitative estimate of drug-likeness (QED) is 0.632. The summed E-state index contributed by atoms with van der Waals surface area (Å²) < 4.78 is 16.1. The van der Waals surface area contributed by atoms with Gasteiger partial charge in [0.2, 0.25) is 5.75 Å². The molecule has 0 radical (unpaired) electrons. The van der Waals surface area contributed by atoms with Crippen LogP contribution in [0, 0.1) is 0 Å². The smallest absolute Gasteiger partial charge is 0.322 e. The first-order valence-electron chi connectivity index (χ1n) is 8.68. The molecule has 3 rings (SSSR count). The molecule has 0 atom stereocenters. The van der Waals surface area contributed by atoms with E-state index in [1.165, 1.54) is 21.3 Å². The summed E-state index contributed by atoms with van der Waals surface area (Å²) >= 11 is 0. The van der Waals surface area contributed by atoms with E-state index in [9.17, 15) is 9.59 Å². The molecular weight excluding hydrogens is 376 g/mol. The highest BCUT2D eigenvalue weighted by molar-refractivity contribution is 6.07. The number of ether oxygens (including phenoxy) is 3. The second kappa shape index (κ2) is 8.47. The summed E-state index contributed by atoms with van der Waals surface area (Å²) in [5.74, 6) is -0.275. The normalized spacial score (nSPS) is 10.4. The minimum atomic E-state index is -1.12. The van der Waals surface area contributed by atoms with Gasteiger partial charge in [0.15, 0.2) is 11.5 Å². The predicted molar refractivity (Wildman–Crippen MR) is 107 cm³/mol. The number of carbonyl (C=O) groups is 2. The van der Waals surface area contributed by atoms with Crippen LogP contribution in [0.25, 0.3) is 22.2 Å². The second-order valence-electron chi connectivity index (χ2n) is 6.06. The molecule has 2 aromatic carbocycles. The monoisotopic (exact) mass is 396 g/mol. The van der Waals surface area contributed by atoms with Crippen LogP contribution < -0.4 is 19.5 Å². The fraction of sp³-hybridized carbons (Fsp3) is 0.190. The maximum Gasteiger partial charge on any atom is 0.322 e. The Hall–Kier alpha value is -3.81. The number of benzene rings is 2. The van der Waals surface area contributed by atoms with Crippen molar-refractivity contribution in [1.29, 1.82) is 0 Å². The number of rotatable bonds is 7. The van der Waals surface area contributed by atoms with Crippen molar-refractivity contribution in [3.05, 3.63) is 48.0 Å². The molecule has 0 aliphatic rings. The number of fused-ring (bicyclic) bond motifs is 1. The van der Waals surface area contributed by atoms with Crippen LogP contribution in [-0.4, -0.2) is 49.8 Å². The molecule has 8 heteroatoms. The number of hydrogen-bond donors (Lipinski definition) is 2. The first-order chi connectivity index (χ1) is 14.0. The molecule has 0 aliphatic carbocycles. The van der Waals surface area contributed by atoms with E-state index in [4.69, 9.17) is 19.3 Å². The molecule has 1 aromatic heterocycles. The van der Waals surface area contributed by atoms with Gasteiger partial charge < -0.3 is 24.6 Å². The summed E-state index contributed by atoms with van der Waals surface area (Å²) in [4.78, 5) is 28.1. The summed E-state index contributed by atoms with van der Waals surface area (Å²) in [5.41, 5.74) is 2.07. The van der Waals surface area contributed by atoms with Crippen LogP contribution in [-0.2, 0) is 4.79 Å². The van der Waals surface area contributed by atoms with Crippen molar-refractivity contribution >= 4 is 22.8 Å². The molecule has 2 N–H and O–H groups in total. The number of nitrogens with zero attached hydrogens (tertiary/aromatic N) is 1. The van der Waals surface area contributed by atoms with E-state index in [0.29, 0.717) is 45.0 Å². The Bertz CT molecular complexity index is 1050. The molecule has 150 valence electrons. The number of carboxylic acids is 1. The van der Waals surface area contributed by atoms with Crippen LogP contribution in [0.5, 0.6) is 17.2 Å². The SMILES string of the molecule is COc1cc(-c2cc(C(=O)NCC(=O)O)c3ccccc3n2)cc(OC)c1OC. The number of aliphatic carboxylic acids is 1. The largest absolute Gasteiger partial charge is 0.493 e. The Morgan fingerprint density at radius 1 is 1.00 bits per heavy atom. The lowest BCUT2D eigenvalue weighted by atomic mass is 10.0. The summed E-state index contributed by atoms with van der Waals surface area (Å²) in [7, 11) is 4.54. The van der Waals surface area contributed by atoms with Gasteiger partial charge in [0, 0.05) is 10.9 Å². The molecule has 0 unspecified atom stereocenters. The highest BCUT2D eigenvalue weighted by Gasteiger charge is 2.18. The van der Waals surface area contributed by atoms with Gasteiger partial charge in [-0.25, -0.2) is 4.98 Å². The topological polar surface area (TPSA) is 107 Å². The van der Waals surface area contributed by atoms with Gasteiger partial charge in [-0.05, 0) is 24.3 Å². The molecule has 0 aliphatic heterocycles. The Morgan fingerprint density at radius 3 is 2.24 bits per heavy atom. The zero-order chi connectivity index (χ0) is 21.0. The molecule has 29 heavy (non-hydrogen) atoms. The molecule has 0 saturated carbocycles. The van der Waals surface area contributed by atoms with E-state index < -0.39 is 18.4 Å². The average molecular weight is 396 g/mol. The zero-order valence-corrected chi connectivity index (χ0v) is 16.2. The van der Waals surface area contributed by atoms with Crippen molar-refractivity contribution in [3.63, 3.8) is 0 Å². The lowest BCUT2D eigenvalue weighted by Gasteiger charge is -2.15. The van der Waals surface area contributed by atoms with E-state index >= 15 is 0 Å². The van der Waals surface area contributed by atoms with Crippen LogP contribution in [0.2, 0.25) is 0 Å². The van der Waals surface area contributed by atoms with Crippen LogP contribution >= 0.6 is 0 Å². The molecule has 1 amide bonds. The number of methoxy groups -OCH3 is 3. The van der Waals surface area contributed by atoms with Crippen molar-refractivity contribution < 1.29 is 28.9 Å². The summed E-state index contributed by atoms with van der Waals surface area (Å²) in [6.45, 7) is -0.477. The van der Waals surface area contributed by atoms with Gasteiger partial charge >= 0.3 is 5.97 Å². The number of carbonyl (C=O) groups excluding carboxylic acids is 1. The lowest BCUT2D eigenvalue weighted by Crippen LogP contribution is -2.29. The fourth-order valence-electron chi connectivity index (χ4n) is 2.99. The highest BCUT2D eigenvalue weighted by Crippen LogP contribution is 2.41. The fourth-order valence-corrected chi connectivity index (χ4v) is 2.99. The standard InChI is InChI=1S/C21H20N2O6/c1-27-17-8-12(9-18(28-2)20(17)29-3)16-10-14(21(26)22-11-19(24)25)13-6-4-5-7-15(13)23-16/h4-10H,11H2,1-3H3,(H,22,26)(H,24,25). The van der Waals surface area contributed by atoms with E-state index in [-0.39, 0.29) is 0 Å². The average Bonchev–Trinajstić information content (AvgIpc) is 2.75. The van der Waals surface area contributed by atoms with E-state index in [2.05, 4.69) is 10.3 Å². The lowest BCUT2D eigenvalue weighted by molar-refractivity contribution is -0.135. The molecule has 0 spiro atoms. The minimum absolute atomic E-state index is 0.320. The van der Waals surface area contributed by atoms with Gasteiger partial charge in [0.05, 0.1) is 38.1 Å². The zero-order valence-electron chi connectivity index (χ0n) is 16.2. The van der Waals surface area contributed by atoms with E-state index in [1.54, 1.807) is 36.4 Å². The number of nitrogens with one attached hydrogen (secondary N) is 1. The highest BCUT2D eigenvalue weighted by atomic mass is 16.5. The van der Waals surface area contributed by atoms with Crippen molar-refractivity contribution in [2.24, 2.45) is 0 Å². The number of pyridine rings is 1. The van der Waals surface area contributed by atoms with Gasteiger partial charge in [-0.2, -0.15) is 0 Å². The van der Waals surface area contributed by atoms with Crippen LogP contribution in [0.15, 0.2) is 42.5 Å². The van der Waals surface area contributed by atoms with Crippen molar-refractivity contribution in [3.8, 4) is 28.5 Å². The number of hydrogen-bond acceptors (Lipinski definition) is 6. The van der Waals surface area contributed by atoms with Gasteiger partial charge in [-0.3, -0.25) is 9.59 Å². The number of carboxylic acid groups (broad SMARTS) is 1. The molecular formula is C21H20N2O6. The Labute approximate surface area is 167 Å². The van der Waals surface area contributed by atoms with Gasteiger partial charge in [-0.1, -0.05) is 18.2 Å². The Balaban J connectivity index is 2.18. The van der Waals surface area contributed by atoms with Crippen LogP contribution in [0.4, 0.5) is 0 Å². The number of aromatic nitrogens is 1. The molecule has 0 bridgehead atoms. The number of amides is 1. The maximum atomic E-state index is 12.6.